The number of hydrogen-bond acceptors (Lipinski definition) is 4. The summed E-state index contributed by atoms with van der Waals surface area (Å²) in [6.45, 7) is 0. The molecule has 94 valence electrons. The molecule has 0 fully saturated rings. The number of nitrogens with zero attached hydrogens (tertiary/aromatic N) is 2. The van der Waals surface area contributed by atoms with Crippen molar-refractivity contribution in [1.29, 1.82) is 0 Å². The van der Waals surface area contributed by atoms with E-state index in [2.05, 4.69) is 15.6 Å². The fraction of sp³-hybridized carbons (Fsp3) is 0. The number of nitrogens with one attached hydrogen (secondary N) is 2. The highest BCUT2D eigenvalue weighted by Crippen LogP contribution is 1.99. The molecule has 0 heterocycles. The molecule has 4 amide bonds. The predicted octanol–water partition coefficient (Wildman–Crippen LogP) is -0.287. The SMILES string of the molecule is NC(=O)N/N=C(\C=N\NC(N)=O)c1ccccc1. The molecule has 8 heteroatoms. The van der Waals surface area contributed by atoms with Gasteiger partial charge in [-0.1, -0.05) is 30.3 Å². The van der Waals surface area contributed by atoms with Crippen LogP contribution >= 0.6 is 0 Å². The van der Waals surface area contributed by atoms with E-state index in [4.69, 9.17) is 11.5 Å². The molecule has 0 spiro atoms. The standard InChI is InChI=1S/C10H12N6O2/c11-9(17)15-13-6-8(14-16-10(12)18)7-4-2-1-3-5-7/h1-6H,(H3,11,15,17)(H3,12,16,18)/b13-6+,14-8+. The first-order valence-corrected chi connectivity index (χ1v) is 4.86. The van der Waals surface area contributed by atoms with Crippen LogP contribution in [-0.2, 0) is 0 Å². The molecule has 1 aromatic rings. The van der Waals surface area contributed by atoms with Crippen LogP contribution in [0, 0.1) is 0 Å². The van der Waals surface area contributed by atoms with Gasteiger partial charge in [0.05, 0.1) is 6.21 Å². The van der Waals surface area contributed by atoms with Crippen LogP contribution in [0.25, 0.3) is 0 Å². The molecular formula is C10H12N6O2. The fourth-order valence-corrected chi connectivity index (χ4v) is 1.05. The number of hydrogen-bond donors (Lipinski definition) is 4. The fourth-order valence-electron chi connectivity index (χ4n) is 1.05. The number of urea groups is 2. The van der Waals surface area contributed by atoms with Gasteiger partial charge in [0.15, 0.2) is 0 Å². The number of hydrazone groups is 2. The maximum absolute atomic E-state index is 10.6. The molecule has 0 radical (unpaired) electrons. The van der Waals surface area contributed by atoms with E-state index in [1.807, 2.05) is 11.5 Å². The van der Waals surface area contributed by atoms with Crippen LogP contribution in [0.4, 0.5) is 9.59 Å². The van der Waals surface area contributed by atoms with Gasteiger partial charge in [-0.15, -0.1) is 0 Å². The van der Waals surface area contributed by atoms with E-state index in [9.17, 15) is 9.59 Å². The van der Waals surface area contributed by atoms with Crippen LogP contribution in [0.5, 0.6) is 0 Å². The average Bonchev–Trinajstić information content (AvgIpc) is 2.34. The zero-order valence-corrected chi connectivity index (χ0v) is 9.33. The molecule has 0 unspecified atom stereocenters. The molecule has 0 aliphatic rings. The maximum atomic E-state index is 10.6. The third-order valence-corrected chi connectivity index (χ3v) is 1.72. The number of benzene rings is 1. The zero-order valence-electron chi connectivity index (χ0n) is 9.33. The highest BCUT2D eigenvalue weighted by atomic mass is 16.2. The minimum absolute atomic E-state index is 0.308. The van der Waals surface area contributed by atoms with Crippen LogP contribution < -0.4 is 22.3 Å². The molecule has 6 N–H and O–H groups in total. The Morgan fingerprint density at radius 1 is 1.06 bits per heavy atom. The van der Waals surface area contributed by atoms with Crippen LogP contribution in [0.1, 0.15) is 5.56 Å². The molecule has 18 heavy (non-hydrogen) atoms. The first-order valence-electron chi connectivity index (χ1n) is 4.86. The summed E-state index contributed by atoms with van der Waals surface area (Å²) in [5.41, 5.74) is 14.8. The molecular weight excluding hydrogens is 236 g/mol. The van der Waals surface area contributed by atoms with Crippen LogP contribution in [0.15, 0.2) is 40.5 Å². The van der Waals surface area contributed by atoms with E-state index in [-0.39, 0.29) is 0 Å². The topological polar surface area (TPSA) is 135 Å². The van der Waals surface area contributed by atoms with Crippen molar-refractivity contribution in [2.24, 2.45) is 21.7 Å². The second kappa shape index (κ2) is 6.63. The Morgan fingerprint density at radius 3 is 2.22 bits per heavy atom. The minimum Gasteiger partial charge on any atom is -0.350 e. The van der Waals surface area contributed by atoms with Crippen molar-refractivity contribution >= 4 is 24.0 Å². The number of carbonyl (C=O) groups is 2. The van der Waals surface area contributed by atoms with Crippen LogP contribution in [0.2, 0.25) is 0 Å². The number of carbonyl (C=O) groups excluding carboxylic acids is 2. The van der Waals surface area contributed by atoms with Gasteiger partial charge < -0.3 is 11.5 Å². The lowest BCUT2D eigenvalue weighted by Crippen LogP contribution is -2.27. The Bertz CT molecular complexity index is 482. The highest BCUT2D eigenvalue weighted by molar-refractivity contribution is 6.38. The zero-order chi connectivity index (χ0) is 13.4. The molecule has 0 bridgehead atoms. The van der Waals surface area contributed by atoms with Crippen molar-refractivity contribution < 1.29 is 9.59 Å². The van der Waals surface area contributed by atoms with Gasteiger partial charge in [0, 0.05) is 5.56 Å². The van der Waals surface area contributed by atoms with Gasteiger partial charge in [0.1, 0.15) is 5.71 Å². The summed E-state index contributed by atoms with van der Waals surface area (Å²) < 4.78 is 0. The minimum atomic E-state index is -0.806. The van der Waals surface area contributed by atoms with Crippen molar-refractivity contribution in [2.75, 3.05) is 0 Å². The van der Waals surface area contributed by atoms with Crippen molar-refractivity contribution in [1.82, 2.24) is 10.9 Å². The number of rotatable bonds is 4. The Kier molecular flexibility index (Phi) is 4.85. The maximum Gasteiger partial charge on any atom is 0.332 e. The summed E-state index contributed by atoms with van der Waals surface area (Å²) in [4.78, 5) is 21.0. The normalized spacial score (nSPS) is 11.2. The van der Waals surface area contributed by atoms with Gasteiger partial charge in [-0.3, -0.25) is 0 Å². The molecule has 1 aromatic carbocycles. The summed E-state index contributed by atoms with van der Waals surface area (Å²) in [5, 5.41) is 7.29. The summed E-state index contributed by atoms with van der Waals surface area (Å²) in [6.07, 6.45) is 1.23. The first kappa shape index (κ1) is 13.2. The molecule has 0 aliphatic carbocycles. The largest absolute Gasteiger partial charge is 0.350 e. The number of amides is 4. The molecule has 8 nitrogen and oxygen atoms in total. The summed E-state index contributed by atoms with van der Waals surface area (Å²) in [5.74, 6) is 0. The smallest absolute Gasteiger partial charge is 0.332 e. The summed E-state index contributed by atoms with van der Waals surface area (Å²) >= 11 is 0. The van der Waals surface area contributed by atoms with Crippen LogP contribution in [-0.4, -0.2) is 24.0 Å². The third-order valence-electron chi connectivity index (χ3n) is 1.72. The van der Waals surface area contributed by atoms with Gasteiger partial charge in [-0.05, 0) is 0 Å². The van der Waals surface area contributed by atoms with Gasteiger partial charge in [-0.25, -0.2) is 20.4 Å². The Labute approximate surface area is 103 Å². The van der Waals surface area contributed by atoms with Crippen LogP contribution in [0.3, 0.4) is 0 Å². The van der Waals surface area contributed by atoms with Gasteiger partial charge >= 0.3 is 12.1 Å². The van der Waals surface area contributed by atoms with E-state index in [1.54, 1.807) is 24.3 Å². The molecule has 0 atom stereocenters. The second-order valence-electron chi connectivity index (χ2n) is 3.07. The monoisotopic (exact) mass is 248 g/mol. The Balaban J connectivity index is 2.89. The lowest BCUT2D eigenvalue weighted by Gasteiger charge is -2.01. The number of primary amides is 2. The van der Waals surface area contributed by atoms with E-state index in [1.165, 1.54) is 6.21 Å². The van der Waals surface area contributed by atoms with Crippen molar-refractivity contribution in [3.63, 3.8) is 0 Å². The van der Waals surface area contributed by atoms with Gasteiger partial charge in [-0.2, -0.15) is 10.2 Å². The third kappa shape index (κ3) is 4.75. The van der Waals surface area contributed by atoms with Gasteiger partial charge in [0.2, 0.25) is 0 Å². The average molecular weight is 248 g/mol. The van der Waals surface area contributed by atoms with Crippen molar-refractivity contribution in [3.8, 4) is 0 Å². The first-order chi connectivity index (χ1) is 8.59. The van der Waals surface area contributed by atoms with Crippen molar-refractivity contribution in [3.05, 3.63) is 35.9 Å². The lowest BCUT2D eigenvalue weighted by molar-refractivity contribution is 0.248. The quantitative estimate of drug-likeness (QED) is 0.430. The molecule has 0 aliphatic heterocycles. The molecule has 0 aromatic heterocycles. The van der Waals surface area contributed by atoms with E-state index >= 15 is 0 Å². The Hall–Kier alpha value is -2.90. The molecule has 0 saturated carbocycles. The highest BCUT2D eigenvalue weighted by Gasteiger charge is 2.01. The summed E-state index contributed by atoms with van der Waals surface area (Å²) in [7, 11) is 0. The van der Waals surface area contributed by atoms with E-state index in [0.717, 1.165) is 0 Å². The molecule has 1 rings (SSSR count). The molecule has 0 saturated heterocycles. The van der Waals surface area contributed by atoms with Gasteiger partial charge in [0.25, 0.3) is 0 Å². The van der Waals surface area contributed by atoms with Crippen molar-refractivity contribution in [2.45, 2.75) is 0 Å². The Morgan fingerprint density at radius 2 is 1.67 bits per heavy atom. The lowest BCUT2D eigenvalue weighted by atomic mass is 10.1. The second-order valence-corrected chi connectivity index (χ2v) is 3.07. The number of nitrogens with two attached hydrogens (primary N) is 2. The van der Waals surface area contributed by atoms with E-state index < -0.39 is 12.1 Å². The predicted molar refractivity (Wildman–Crippen MR) is 66.9 cm³/mol. The van der Waals surface area contributed by atoms with E-state index in [0.29, 0.717) is 11.3 Å². The summed E-state index contributed by atoms with van der Waals surface area (Å²) in [6, 6.07) is 7.27.